The largest absolute Gasteiger partial charge is 0.237 e. The molecular weight excluding hydrogens is 275 g/mol. The lowest BCUT2D eigenvalue weighted by molar-refractivity contribution is 1.09. The maximum Gasteiger partial charge on any atom is 0.159 e. The number of nitrogens with zero attached hydrogens (tertiary/aromatic N) is 2. The Morgan fingerprint density at radius 3 is 2.53 bits per heavy atom. The van der Waals surface area contributed by atoms with Crippen LogP contribution in [0.3, 0.4) is 0 Å². The second-order valence-electron chi connectivity index (χ2n) is 3.01. The Balaban J connectivity index is 2.40. The highest BCUT2D eigenvalue weighted by atomic mass is 79.9. The summed E-state index contributed by atoms with van der Waals surface area (Å²) in [6, 6.07) is 9.68. The van der Waals surface area contributed by atoms with E-state index in [0.717, 1.165) is 15.7 Å². The molecule has 0 N–H and O–H groups in total. The van der Waals surface area contributed by atoms with Crippen LogP contribution in [0.2, 0.25) is 0 Å². The minimum atomic E-state index is 0.409. The molecule has 4 heteroatoms. The first-order chi connectivity index (χ1) is 7.29. The van der Waals surface area contributed by atoms with E-state index in [1.54, 1.807) is 6.20 Å². The molecule has 76 valence electrons. The van der Waals surface area contributed by atoms with Gasteiger partial charge in [0.25, 0.3) is 0 Å². The van der Waals surface area contributed by atoms with Gasteiger partial charge in [-0.15, -0.1) is 11.6 Å². The zero-order valence-corrected chi connectivity index (χ0v) is 10.2. The number of halogens is 2. The molecule has 0 bridgehead atoms. The Bertz CT molecular complexity index is 456. The number of rotatable bonds is 2. The lowest BCUT2D eigenvalue weighted by Gasteiger charge is -2.01. The van der Waals surface area contributed by atoms with Crippen molar-refractivity contribution < 1.29 is 0 Å². The van der Waals surface area contributed by atoms with Crippen LogP contribution in [0.5, 0.6) is 0 Å². The number of hydrogen-bond donors (Lipinski definition) is 0. The van der Waals surface area contributed by atoms with E-state index in [2.05, 4.69) is 25.9 Å². The minimum Gasteiger partial charge on any atom is -0.237 e. The zero-order valence-electron chi connectivity index (χ0n) is 7.82. The Hall–Kier alpha value is -0.930. The molecule has 0 radical (unpaired) electrons. The molecule has 0 saturated heterocycles. The molecule has 0 saturated carbocycles. The summed E-state index contributed by atoms with van der Waals surface area (Å²) in [5.74, 6) is 1.12. The highest BCUT2D eigenvalue weighted by Gasteiger charge is 2.01. The molecule has 2 aromatic rings. The third-order valence-corrected chi connectivity index (χ3v) is 2.76. The SMILES string of the molecule is ClCc1ccnc(-c2ccc(Br)cc2)n1. The van der Waals surface area contributed by atoms with Gasteiger partial charge in [-0.05, 0) is 18.2 Å². The van der Waals surface area contributed by atoms with Crippen molar-refractivity contribution in [1.29, 1.82) is 0 Å². The first-order valence-corrected chi connectivity index (χ1v) is 5.76. The third kappa shape index (κ3) is 2.55. The summed E-state index contributed by atoms with van der Waals surface area (Å²) in [6.45, 7) is 0. The molecule has 0 aliphatic carbocycles. The van der Waals surface area contributed by atoms with Crippen molar-refractivity contribution in [2.75, 3.05) is 0 Å². The van der Waals surface area contributed by atoms with Gasteiger partial charge in [0.2, 0.25) is 0 Å². The molecule has 1 heterocycles. The van der Waals surface area contributed by atoms with Gasteiger partial charge in [-0.3, -0.25) is 0 Å². The van der Waals surface area contributed by atoms with E-state index in [9.17, 15) is 0 Å². The summed E-state index contributed by atoms with van der Waals surface area (Å²) >= 11 is 9.10. The van der Waals surface area contributed by atoms with Crippen LogP contribution in [0.25, 0.3) is 11.4 Å². The highest BCUT2D eigenvalue weighted by Crippen LogP contribution is 2.18. The van der Waals surface area contributed by atoms with Gasteiger partial charge in [0.05, 0.1) is 11.6 Å². The van der Waals surface area contributed by atoms with E-state index in [0.29, 0.717) is 11.7 Å². The first kappa shape index (κ1) is 10.6. The van der Waals surface area contributed by atoms with Crippen LogP contribution < -0.4 is 0 Å². The standard InChI is InChI=1S/C11H8BrClN2/c12-9-3-1-8(2-4-9)11-14-6-5-10(7-13)15-11/h1-6H,7H2. The van der Waals surface area contributed by atoms with Crippen molar-refractivity contribution in [2.45, 2.75) is 5.88 Å². The number of benzene rings is 1. The predicted octanol–water partition coefficient (Wildman–Crippen LogP) is 3.64. The summed E-state index contributed by atoms with van der Waals surface area (Å²) in [6.07, 6.45) is 1.72. The quantitative estimate of drug-likeness (QED) is 0.786. The van der Waals surface area contributed by atoms with Crippen LogP contribution >= 0.6 is 27.5 Å². The first-order valence-electron chi connectivity index (χ1n) is 4.43. The maximum absolute atomic E-state index is 5.71. The Morgan fingerprint density at radius 1 is 1.13 bits per heavy atom. The zero-order chi connectivity index (χ0) is 10.7. The molecule has 0 aliphatic heterocycles. The Morgan fingerprint density at radius 2 is 1.87 bits per heavy atom. The van der Waals surface area contributed by atoms with E-state index in [1.807, 2.05) is 30.3 Å². The van der Waals surface area contributed by atoms with Crippen molar-refractivity contribution in [1.82, 2.24) is 9.97 Å². The van der Waals surface area contributed by atoms with Gasteiger partial charge >= 0.3 is 0 Å². The van der Waals surface area contributed by atoms with Crippen molar-refractivity contribution in [3.05, 3.63) is 46.7 Å². The van der Waals surface area contributed by atoms with Gasteiger partial charge in [-0.25, -0.2) is 9.97 Å². The monoisotopic (exact) mass is 282 g/mol. The van der Waals surface area contributed by atoms with Crippen molar-refractivity contribution in [3.63, 3.8) is 0 Å². The van der Waals surface area contributed by atoms with E-state index in [4.69, 9.17) is 11.6 Å². The second kappa shape index (κ2) is 4.73. The summed E-state index contributed by atoms with van der Waals surface area (Å²) in [5.41, 5.74) is 1.83. The fourth-order valence-electron chi connectivity index (χ4n) is 1.21. The van der Waals surface area contributed by atoms with Gasteiger partial charge in [0.1, 0.15) is 0 Å². The van der Waals surface area contributed by atoms with Crippen LogP contribution in [-0.2, 0) is 5.88 Å². The van der Waals surface area contributed by atoms with E-state index in [1.165, 1.54) is 0 Å². The summed E-state index contributed by atoms with van der Waals surface area (Å²) in [4.78, 5) is 8.53. The number of aromatic nitrogens is 2. The van der Waals surface area contributed by atoms with Gasteiger partial charge in [0.15, 0.2) is 5.82 Å². The molecule has 1 aromatic carbocycles. The fourth-order valence-corrected chi connectivity index (χ4v) is 1.62. The van der Waals surface area contributed by atoms with E-state index < -0.39 is 0 Å². The van der Waals surface area contributed by atoms with Crippen LogP contribution in [0.4, 0.5) is 0 Å². The molecule has 15 heavy (non-hydrogen) atoms. The summed E-state index contributed by atoms with van der Waals surface area (Å²) < 4.78 is 1.04. The van der Waals surface area contributed by atoms with Gasteiger partial charge in [-0.2, -0.15) is 0 Å². The molecule has 0 spiro atoms. The minimum absolute atomic E-state index is 0.409. The predicted molar refractivity (Wildman–Crippen MR) is 64.7 cm³/mol. The normalized spacial score (nSPS) is 10.3. The average molecular weight is 284 g/mol. The Labute approximate surface area is 101 Å². The molecule has 0 atom stereocenters. The van der Waals surface area contributed by atoms with Crippen LogP contribution in [-0.4, -0.2) is 9.97 Å². The topological polar surface area (TPSA) is 25.8 Å². The number of hydrogen-bond acceptors (Lipinski definition) is 2. The highest BCUT2D eigenvalue weighted by molar-refractivity contribution is 9.10. The molecule has 0 fully saturated rings. The maximum atomic E-state index is 5.71. The van der Waals surface area contributed by atoms with Gasteiger partial charge in [-0.1, -0.05) is 28.1 Å². The molecule has 2 rings (SSSR count). The lowest BCUT2D eigenvalue weighted by Crippen LogP contribution is -1.92. The molecule has 0 amide bonds. The average Bonchev–Trinajstić information content (AvgIpc) is 2.30. The van der Waals surface area contributed by atoms with Crippen LogP contribution in [0.15, 0.2) is 41.0 Å². The van der Waals surface area contributed by atoms with Crippen LogP contribution in [0.1, 0.15) is 5.69 Å². The fraction of sp³-hybridized carbons (Fsp3) is 0.0909. The molecular formula is C11H8BrClN2. The van der Waals surface area contributed by atoms with Crippen molar-refractivity contribution >= 4 is 27.5 Å². The van der Waals surface area contributed by atoms with E-state index in [-0.39, 0.29) is 0 Å². The third-order valence-electron chi connectivity index (χ3n) is 1.95. The van der Waals surface area contributed by atoms with Crippen molar-refractivity contribution in [3.8, 4) is 11.4 Å². The molecule has 0 aliphatic rings. The molecule has 2 nitrogen and oxygen atoms in total. The molecule has 1 aromatic heterocycles. The van der Waals surface area contributed by atoms with Gasteiger partial charge in [0, 0.05) is 16.2 Å². The van der Waals surface area contributed by atoms with Crippen LogP contribution in [0, 0.1) is 0 Å². The smallest absolute Gasteiger partial charge is 0.159 e. The molecule has 0 unspecified atom stereocenters. The van der Waals surface area contributed by atoms with Crippen molar-refractivity contribution in [2.24, 2.45) is 0 Å². The van der Waals surface area contributed by atoms with Gasteiger partial charge < -0.3 is 0 Å². The Kier molecular flexibility index (Phi) is 3.34. The lowest BCUT2D eigenvalue weighted by atomic mass is 10.2. The van der Waals surface area contributed by atoms with E-state index >= 15 is 0 Å². The second-order valence-corrected chi connectivity index (χ2v) is 4.20. The summed E-state index contributed by atoms with van der Waals surface area (Å²) in [5, 5.41) is 0. The number of alkyl halides is 1. The summed E-state index contributed by atoms with van der Waals surface area (Å²) in [7, 11) is 0.